The quantitative estimate of drug-likeness (QED) is 0.718. The molecule has 0 aromatic heterocycles. The Bertz CT molecular complexity index is 203. The summed E-state index contributed by atoms with van der Waals surface area (Å²) in [7, 11) is 2.07. The van der Waals surface area contributed by atoms with E-state index in [-0.39, 0.29) is 0 Å². The monoisotopic (exact) mass is 214 g/mol. The van der Waals surface area contributed by atoms with E-state index in [2.05, 4.69) is 11.9 Å². The minimum atomic E-state index is -0.896. The molecule has 88 valence electrons. The summed E-state index contributed by atoms with van der Waals surface area (Å²) in [5.74, 6) is -0.896. The second-order valence-electron chi connectivity index (χ2n) is 4.51. The van der Waals surface area contributed by atoms with Crippen molar-refractivity contribution in [2.45, 2.75) is 50.6 Å². The van der Waals surface area contributed by atoms with Crippen molar-refractivity contribution in [3.8, 4) is 0 Å². The number of nitrogens with two attached hydrogens (primary N) is 1. The minimum Gasteiger partial charge on any atom is -0.480 e. The summed E-state index contributed by atoms with van der Waals surface area (Å²) in [6, 6.07) is -0.0733. The molecule has 3 N–H and O–H groups in total. The van der Waals surface area contributed by atoms with E-state index in [1.54, 1.807) is 0 Å². The standard InChI is InChI=1S/C11H22N2O2/c1-13(8-7-10(12)11(14)15)9-5-3-2-4-6-9/h9-10H,2-8,12H2,1H3,(H,14,15)/t10-/m1/s1. The molecule has 0 aromatic carbocycles. The molecule has 0 aromatic rings. The van der Waals surface area contributed by atoms with Crippen LogP contribution in [-0.2, 0) is 4.79 Å². The maximum Gasteiger partial charge on any atom is 0.320 e. The van der Waals surface area contributed by atoms with Crippen molar-refractivity contribution in [1.82, 2.24) is 4.90 Å². The summed E-state index contributed by atoms with van der Waals surface area (Å²) in [5, 5.41) is 8.66. The number of hydrogen-bond acceptors (Lipinski definition) is 3. The number of carbonyl (C=O) groups is 1. The Hall–Kier alpha value is -0.610. The smallest absolute Gasteiger partial charge is 0.320 e. The van der Waals surface area contributed by atoms with Gasteiger partial charge in [0.15, 0.2) is 0 Å². The lowest BCUT2D eigenvalue weighted by Gasteiger charge is -2.31. The summed E-state index contributed by atoms with van der Waals surface area (Å²) in [4.78, 5) is 12.8. The zero-order valence-corrected chi connectivity index (χ0v) is 9.48. The van der Waals surface area contributed by atoms with Gasteiger partial charge in [0, 0.05) is 12.6 Å². The Morgan fingerprint density at radius 2 is 2.07 bits per heavy atom. The third-order valence-corrected chi connectivity index (χ3v) is 3.31. The van der Waals surface area contributed by atoms with E-state index >= 15 is 0 Å². The molecule has 1 rings (SSSR count). The van der Waals surface area contributed by atoms with Crippen LogP contribution in [0.2, 0.25) is 0 Å². The van der Waals surface area contributed by atoms with Gasteiger partial charge >= 0.3 is 5.97 Å². The van der Waals surface area contributed by atoms with Gasteiger partial charge in [0.05, 0.1) is 0 Å². The topological polar surface area (TPSA) is 66.6 Å². The first-order chi connectivity index (χ1) is 7.11. The predicted octanol–water partition coefficient (Wildman–Crippen LogP) is 1.05. The zero-order chi connectivity index (χ0) is 11.3. The van der Waals surface area contributed by atoms with Crippen molar-refractivity contribution >= 4 is 5.97 Å². The maximum absolute atomic E-state index is 10.5. The average molecular weight is 214 g/mol. The molecular formula is C11H22N2O2. The Kier molecular flexibility index (Phi) is 5.05. The van der Waals surface area contributed by atoms with Gasteiger partial charge in [0.2, 0.25) is 0 Å². The molecule has 0 heterocycles. The van der Waals surface area contributed by atoms with Crippen molar-refractivity contribution in [2.24, 2.45) is 5.73 Å². The van der Waals surface area contributed by atoms with E-state index in [9.17, 15) is 4.79 Å². The van der Waals surface area contributed by atoms with Crippen LogP contribution < -0.4 is 5.73 Å². The molecule has 0 bridgehead atoms. The largest absolute Gasteiger partial charge is 0.480 e. The second kappa shape index (κ2) is 6.08. The molecule has 0 spiro atoms. The fourth-order valence-electron chi connectivity index (χ4n) is 2.17. The van der Waals surface area contributed by atoms with Crippen LogP contribution in [0, 0.1) is 0 Å². The van der Waals surface area contributed by atoms with Crippen LogP contribution in [0.5, 0.6) is 0 Å². The van der Waals surface area contributed by atoms with Crippen LogP contribution in [-0.4, -0.2) is 41.7 Å². The SMILES string of the molecule is CN(CC[C@@H](N)C(=O)O)C1CCCCC1. The second-order valence-corrected chi connectivity index (χ2v) is 4.51. The lowest BCUT2D eigenvalue weighted by molar-refractivity contribution is -0.138. The van der Waals surface area contributed by atoms with Crippen LogP contribution >= 0.6 is 0 Å². The first kappa shape index (κ1) is 12.5. The van der Waals surface area contributed by atoms with Crippen molar-refractivity contribution < 1.29 is 9.90 Å². The molecule has 1 fully saturated rings. The Morgan fingerprint density at radius 3 is 2.60 bits per heavy atom. The first-order valence-electron chi connectivity index (χ1n) is 5.80. The molecule has 4 heteroatoms. The van der Waals surface area contributed by atoms with Gasteiger partial charge in [-0.25, -0.2) is 0 Å². The fourth-order valence-corrected chi connectivity index (χ4v) is 2.17. The first-order valence-corrected chi connectivity index (χ1v) is 5.80. The molecule has 0 aliphatic heterocycles. The molecule has 0 amide bonds. The predicted molar refractivity (Wildman–Crippen MR) is 59.7 cm³/mol. The Labute approximate surface area is 91.4 Å². The molecule has 4 nitrogen and oxygen atoms in total. The van der Waals surface area contributed by atoms with Gasteiger partial charge in [0.25, 0.3) is 0 Å². The lowest BCUT2D eigenvalue weighted by atomic mass is 9.94. The number of hydrogen-bond donors (Lipinski definition) is 2. The zero-order valence-electron chi connectivity index (χ0n) is 9.48. The Morgan fingerprint density at radius 1 is 1.47 bits per heavy atom. The highest BCUT2D eigenvalue weighted by molar-refractivity contribution is 5.72. The number of carboxylic acids is 1. The van der Waals surface area contributed by atoms with Gasteiger partial charge in [-0.2, -0.15) is 0 Å². The molecular weight excluding hydrogens is 192 g/mol. The van der Waals surface area contributed by atoms with E-state index < -0.39 is 12.0 Å². The van der Waals surface area contributed by atoms with E-state index in [1.165, 1.54) is 32.1 Å². The van der Waals surface area contributed by atoms with Crippen molar-refractivity contribution in [3.63, 3.8) is 0 Å². The van der Waals surface area contributed by atoms with E-state index in [0.717, 1.165) is 6.54 Å². The van der Waals surface area contributed by atoms with Crippen molar-refractivity contribution in [2.75, 3.05) is 13.6 Å². The van der Waals surface area contributed by atoms with Crippen molar-refractivity contribution in [3.05, 3.63) is 0 Å². The van der Waals surface area contributed by atoms with Crippen LogP contribution in [0.15, 0.2) is 0 Å². The van der Waals surface area contributed by atoms with Gasteiger partial charge in [-0.3, -0.25) is 4.79 Å². The van der Waals surface area contributed by atoms with Crippen LogP contribution in [0.1, 0.15) is 38.5 Å². The molecule has 1 aliphatic carbocycles. The summed E-state index contributed by atoms with van der Waals surface area (Å²) < 4.78 is 0. The van der Waals surface area contributed by atoms with E-state index in [0.29, 0.717) is 12.5 Å². The van der Waals surface area contributed by atoms with Crippen LogP contribution in [0.3, 0.4) is 0 Å². The third kappa shape index (κ3) is 4.18. The van der Waals surface area contributed by atoms with Gasteiger partial charge in [-0.1, -0.05) is 19.3 Å². The minimum absolute atomic E-state index is 0.544. The normalized spacial score (nSPS) is 20.5. The summed E-state index contributed by atoms with van der Waals surface area (Å²) in [6.07, 6.45) is 7.00. The molecule has 0 unspecified atom stereocenters. The van der Waals surface area contributed by atoms with Gasteiger partial charge < -0.3 is 15.7 Å². The lowest BCUT2D eigenvalue weighted by Crippen LogP contribution is -2.39. The molecule has 15 heavy (non-hydrogen) atoms. The highest BCUT2D eigenvalue weighted by atomic mass is 16.4. The number of aliphatic carboxylic acids is 1. The summed E-state index contributed by atoms with van der Waals surface area (Å²) >= 11 is 0. The fraction of sp³-hybridized carbons (Fsp3) is 0.909. The summed E-state index contributed by atoms with van der Waals surface area (Å²) in [5.41, 5.74) is 5.47. The highest BCUT2D eigenvalue weighted by Gasteiger charge is 2.19. The number of nitrogens with zero attached hydrogens (tertiary/aromatic N) is 1. The van der Waals surface area contributed by atoms with Gasteiger partial charge in [0.1, 0.15) is 6.04 Å². The molecule has 1 saturated carbocycles. The molecule has 1 atom stereocenters. The summed E-state index contributed by atoms with van der Waals surface area (Å²) in [6.45, 7) is 0.790. The maximum atomic E-state index is 10.5. The van der Waals surface area contributed by atoms with Gasteiger partial charge in [-0.15, -0.1) is 0 Å². The molecule has 1 aliphatic rings. The van der Waals surface area contributed by atoms with E-state index in [1.807, 2.05) is 0 Å². The number of carboxylic acid groups (broad SMARTS) is 1. The molecule has 0 saturated heterocycles. The Balaban J connectivity index is 2.22. The van der Waals surface area contributed by atoms with E-state index in [4.69, 9.17) is 10.8 Å². The highest BCUT2D eigenvalue weighted by Crippen LogP contribution is 2.21. The number of rotatable bonds is 5. The van der Waals surface area contributed by atoms with Crippen LogP contribution in [0.25, 0.3) is 0 Å². The third-order valence-electron chi connectivity index (χ3n) is 3.31. The average Bonchev–Trinajstić information content (AvgIpc) is 2.26. The van der Waals surface area contributed by atoms with Gasteiger partial charge in [-0.05, 0) is 26.3 Å². The van der Waals surface area contributed by atoms with Crippen molar-refractivity contribution in [1.29, 1.82) is 0 Å². The van der Waals surface area contributed by atoms with Crippen LogP contribution in [0.4, 0.5) is 0 Å². The molecule has 0 radical (unpaired) electrons.